The standard InChI is InChI=1S/C15H25NS2.C14H23NS2/c1-6-17-18-15(16-12(4)5)14-9-7-13(8-10-14)11(2)3;1-10(2)12-6-8-13(9-7-12)14(17-16-5)15-11(3)4/h7-12,15-16H,6H2,1-5H3;6-11,14-15H,1-5H3. The van der Waals surface area contributed by atoms with Crippen molar-refractivity contribution in [3.63, 3.8) is 0 Å². The van der Waals surface area contributed by atoms with Crippen LogP contribution in [0.3, 0.4) is 0 Å². The molecule has 2 unspecified atom stereocenters. The van der Waals surface area contributed by atoms with Gasteiger partial charge in [0, 0.05) is 17.8 Å². The maximum absolute atomic E-state index is 3.62. The molecule has 2 N–H and O–H groups in total. The maximum Gasteiger partial charge on any atom is 0.0894 e. The minimum absolute atomic E-state index is 0.381. The second-order valence-electron chi connectivity index (χ2n) is 9.81. The van der Waals surface area contributed by atoms with E-state index < -0.39 is 0 Å². The number of hydrogen-bond donors (Lipinski definition) is 2. The Morgan fingerprint density at radius 1 is 0.571 bits per heavy atom. The van der Waals surface area contributed by atoms with Crippen molar-refractivity contribution in [1.82, 2.24) is 10.6 Å². The molecule has 0 fully saturated rings. The fourth-order valence-electron chi connectivity index (χ4n) is 3.31. The maximum atomic E-state index is 3.62. The van der Waals surface area contributed by atoms with Crippen molar-refractivity contribution in [2.24, 2.45) is 0 Å². The zero-order valence-corrected chi connectivity index (χ0v) is 26.7. The molecule has 0 aliphatic rings. The van der Waals surface area contributed by atoms with Gasteiger partial charge >= 0.3 is 0 Å². The Morgan fingerprint density at radius 2 is 0.914 bits per heavy atom. The second kappa shape index (κ2) is 18.1. The molecule has 0 amide bonds. The lowest BCUT2D eigenvalue weighted by molar-refractivity contribution is 0.580. The summed E-state index contributed by atoms with van der Waals surface area (Å²) in [5.41, 5.74) is 5.56. The minimum Gasteiger partial charge on any atom is -0.299 e. The SMILES string of the molecule is CCSSC(NC(C)C)c1ccc(C(C)C)cc1.CSSC(NC(C)C)c1ccc(C(C)C)cc1. The molecule has 0 saturated heterocycles. The summed E-state index contributed by atoms with van der Waals surface area (Å²) in [4.78, 5) is 0. The van der Waals surface area contributed by atoms with Gasteiger partial charge in [-0.3, -0.25) is 10.6 Å². The van der Waals surface area contributed by atoms with Crippen molar-refractivity contribution in [2.45, 2.75) is 97.0 Å². The number of benzene rings is 2. The van der Waals surface area contributed by atoms with Crippen molar-refractivity contribution in [3.05, 3.63) is 70.8 Å². The lowest BCUT2D eigenvalue weighted by Crippen LogP contribution is -2.25. The van der Waals surface area contributed by atoms with Gasteiger partial charge in [-0.05, 0) is 68.0 Å². The molecule has 2 aromatic rings. The lowest BCUT2D eigenvalue weighted by atomic mass is 10.0. The zero-order valence-electron chi connectivity index (χ0n) is 23.4. The van der Waals surface area contributed by atoms with Crippen molar-refractivity contribution < 1.29 is 0 Å². The van der Waals surface area contributed by atoms with E-state index >= 15 is 0 Å². The van der Waals surface area contributed by atoms with E-state index in [-0.39, 0.29) is 0 Å². The first-order valence-electron chi connectivity index (χ1n) is 12.8. The third-order valence-electron chi connectivity index (χ3n) is 5.26. The number of hydrogen-bond acceptors (Lipinski definition) is 6. The molecular weight excluding hydrogens is 505 g/mol. The van der Waals surface area contributed by atoms with Gasteiger partial charge in [0.2, 0.25) is 0 Å². The molecule has 0 aromatic heterocycles. The zero-order chi connectivity index (χ0) is 26.4. The van der Waals surface area contributed by atoms with Crippen LogP contribution in [0.5, 0.6) is 0 Å². The van der Waals surface area contributed by atoms with Crippen LogP contribution in [0.25, 0.3) is 0 Å². The van der Waals surface area contributed by atoms with Crippen molar-refractivity contribution in [1.29, 1.82) is 0 Å². The first-order valence-corrected chi connectivity index (χ1v) is 17.8. The molecule has 0 aliphatic carbocycles. The number of nitrogens with one attached hydrogen (secondary N) is 2. The predicted octanol–water partition coefficient (Wildman–Crippen LogP) is 10.0. The highest BCUT2D eigenvalue weighted by Crippen LogP contribution is 2.37. The molecule has 0 saturated carbocycles. The third-order valence-corrected chi connectivity index (χ3v) is 9.87. The average Bonchev–Trinajstić information content (AvgIpc) is 2.81. The quantitative estimate of drug-likeness (QED) is 0.189. The summed E-state index contributed by atoms with van der Waals surface area (Å²) in [6.45, 7) is 19.9. The summed E-state index contributed by atoms with van der Waals surface area (Å²) in [7, 11) is 7.53. The molecule has 0 radical (unpaired) electrons. The van der Waals surface area contributed by atoms with Crippen molar-refractivity contribution >= 4 is 43.2 Å². The highest BCUT2D eigenvalue weighted by atomic mass is 33.1. The first kappa shape index (κ1) is 32.8. The Morgan fingerprint density at radius 3 is 1.20 bits per heavy atom. The lowest BCUT2D eigenvalue weighted by Gasteiger charge is -2.21. The molecule has 0 heterocycles. The van der Waals surface area contributed by atoms with Crippen LogP contribution >= 0.6 is 43.2 Å². The third kappa shape index (κ3) is 13.2. The molecule has 0 bridgehead atoms. The fraction of sp³-hybridized carbons (Fsp3) is 0.586. The van der Waals surface area contributed by atoms with Gasteiger partial charge in [-0.25, -0.2) is 0 Å². The summed E-state index contributed by atoms with van der Waals surface area (Å²) >= 11 is 0. The summed E-state index contributed by atoms with van der Waals surface area (Å²) in [6, 6.07) is 19.0. The van der Waals surface area contributed by atoms with Gasteiger partial charge in [-0.2, -0.15) is 0 Å². The summed E-state index contributed by atoms with van der Waals surface area (Å²) < 4.78 is 0. The summed E-state index contributed by atoms with van der Waals surface area (Å²) in [5, 5.41) is 7.98. The molecule has 198 valence electrons. The van der Waals surface area contributed by atoms with E-state index in [9.17, 15) is 0 Å². The first-order chi connectivity index (χ1) is 16.6. The van der Waals surface area contributed by atoms with Crippen LogP contribution < -0.4 is 10.6 Å². The van der Waals surface area contributed by atoms with Crippen LogP contribution in [-0.2, 0) is 0 Å². The van der Waals surface area contributed by atoms with E-state index in [4.69, 9.17) is 0 Å². The van der Waals surface area contributed by atoms with Gasteiger partial charge in [-0.1, -0.05) is 126 Å². The Labute approximate surface area is 232 Å². The van der Waals surface area contributed by atoms with Crippen LogP contribution in [0.15, 0.2) is 48.5 Å². The van der Waals surface area contributed by atoms with Crippen LogP contribution in [0.2, 0.25) is 0 Å². The molecule has 0 spiro atoms. The molecule has 2 rings (SSSR count). The van der Waals surface area contributed by atoms with Gasteiger partial charge in [0.1, 0.15) is 0 Å². The van der Waals surface area contributed by atoms with E-state index in [1.54, 1.807) is 0 Å². The average molecular weight is 553 g/mol. The van der Waals surface area contributed by atoms with E-state index in [1.807, 2.05) is 43.2 Å². The Kier molecular flexibility index (Phi) is 16.9. The second-order valence-corrected chi connectivity index (χ2v) is 15.1. The van der Waals surface area contributed by atoms with Crippen LogP contribution in [0.4, 0.5) is 0 Å². The smallest absolute Gasteiger partial charge is 0.0894 e. The molecule has 35 heavy (non-hydrogen) atoms. The molecule has 0 aliphatic heterocycles. The van der Waals surface area contributed by atoms with Crippen molar-refractivity contribution in [3.8, 4) is 0 Å². The van der Waals surface area contributed by atoms with E-state index in [2.05, 4.69) is 128 Å². The van der Waals surface area contributed by atoms with Gasteiger partial charge in [0.15, 0.2) is 0 Å². The van der Waals surface area contributed by atoms with Gasteiger partial charge < -0.3 is 0 Å². The fourth-order valence-corrected chi connectivity index (χ4v) is 7.36. The largest absolute Gasteiger partial charge is 0.299 e. The van der Waals surface area contributed by atoms with Crippen LogP contribution in [0.1, 0.15) is 107 Å². The van der Waals surface area contributed by atoms with Gasteiger partial charge in [-0.15, -0.1) is 0 Å². The van der Waals surface area contributed by atoms with E-state index in [1.165, 1.54) is 22.3 Å². The minimum atomic E-state index is 0.381. The summed E-state index contributed by atoms with van der Waals surface area (Å²) in [6.07, 6.45) is 2.13. The van der Waals surface area contributed by atoms with E-state index in [0.717, 1.165) is 5.75 Å². The predicted molar refractivity (Wildman–Crippen MR) is 170 cm³/mol. The van der Waals surface area contributed by atoms with Gasteiger partial charge in [0.25, 0.3) is 0 Å². The molecule has 2 aromatic carbocycles. The Bertz CT molecular complexity index is 789. The monoisotopic (exact) mass is 552 g/mol. The molecular formula is C29H48N2S4. The van der Waals surface area contributed by atoms with E-state index in [0.29, 0.717) is 34.7 Å². The highest BCUT2D eigenvalue weighted by Gasteiger charge is 2.14. The van der Waals surface area contributed by atoms with Crippen LogP contribution in [-0.4, -0.2) is 24.1 Å². The van der Waals surface area contributed by atoms with Crippen molar-refractivity contribution in [2.75, 3.05) is 12.0 Å². The molecule has 6 heteroatoms. The molecule has 2 atom stereocenters. The highest BCUT2D eigenvalue weighted by molar-refractivity contribution is 8.76. The molecule has 2 nitrogen and oxygen atoms in total. The Balaban J connectivity index is 0.000000351. The topological polar surface area (TPSA) is 24.1 Å². The number of rotatable bonds is 13. The summed E-state index contributed by atoms with van der Waals surface area (Å²) in [5.74, 6) is 2.35. The Hall–Kier alpha value is -0.240. The van der Waals surface area contributed by atoms with Gasteiger partial charge in [0.05, 0.1) is 10.7 Å². The van der Waals surface area contributed by atoms with Crippen LogP contribution in [0, 0.1) is 0 Å². The normalized spacial score (nSPS) is 13.3.